The van der Waals surface area contributed by atoms with Gasteiger partial charge in [0.25, 0.3) is 0 Å². The largest absolute Gasteiger partial charge is 0.0622 e. The van der Waals surface area contributed by atoms with Crippen LogP contribution in [0.1, 0.15) is 19.4 Å². The first kappa shape index (κ1) is 8.32. The minimum absolute atomic E-state index is 0.0291. The molecule has 0 amide bonds. The van der Waals surface area contributed by atoms with Gasteiger partial charge in [-0.25, -0.2) is 0 Å². The summed E-state index contributed by atoms with van der Waals surface area (Å²) < 4.78 is 0. The smallest absolute Gasteiger partial charge is 0.00366 e. The van der Waals surface area contributed by atoms with E-state index in [0.29, 0.717) is 0 Å². The molecule has 0 aliphatic carbocycles. The van der Waals surface area contributed by atoms with Gasteiger partial charge in [0.05, 0.1) is 0 Å². The summed E-state index contributed by atoms with van der Waals surface area (Å²) in [6.45, 7) is 8.20. The molecular weight excluding hydrogens is 132 g/mol. The molecule has 2 radical (unpaired) electrons. The van der Waals surface area contributed by atoms with E-state index in [1.165, 1.54) is 5.56 Å². The first-order chi connectivity index (χ1) is 5.08. The molecule has 0 bridgehead atoms. The van der Waals surface area contributed by atoms with Crippen LogP contribution >= 0.6 is 0 Å². The molecule has 0 fully saturated rings. The quantitative estimate of drug-likeness (QED) is 0.601. The highest BCUT2D eigenvalue weighted by Crippen LogP contribution is 2.21. The molecule has 0 aliphatic rings. The van der Waals surface area contributed by atoms with Crippen molar-refractivity contribution < 1.29 is 0 Å². The maximum Gasteiger partial charge on any atom is -0.00366 e. The zero-order valence-electron chi connectivity index (χ0n) is 7.17. The summed E-state index contributed by atoms with van der Waals surface area (Å²) in [5.41, 5.74) is 1.27. The fourth-order valence-corrected chi connectivity index (χ4v) is 1.00. The Labute approximate surface area is 69.3 Å². The summed E-state index contributed by atoms with van der Waals surface area (Å²) in [7, 11) is 0. The van der Waals surface area contributed by atoms with Gasteiger partial charge in [-0.2, -0.15) is 0 Å². The topological polar surface area (TPSA) is 0 Å². The maximum absolute atomic E-state index is 4.01. The maximum atomic E-state index is 4.01. The second-order valence-corrected chi connectivity index (χ2v) is 3.54. The Balaban J connectivity index is 2.66. The second-order valence-electron chi connectivity index (χ2n) is 3.54. The van der Waals surface area contributed by atoms with Crippen molar-refractivity contribution in [2.24, 2.45) is 5.41 Å². The minimum Gasteiger partial charge on any atom is -0.0622 e. The lowest BCUT2D eigenvalue weighted by Gasteiger charge is -2.16. The van der Waals surface area contributed by atoms with Gasteiger partial charge in [0, 0.05) is 0 Å². The Morgan fingerprint density at radius 2 is 1.73 bits per heavy atom. The molecule has 1 aromatic rings. The zero-order valence-corrected chi connectivity index (χ0v) is 7.17. The van der Waals surface area contributed by atoms with E-state index in [2.05, 4.69) is 39.3 Å². The number of hydrogen-bond donors (Lipinski definition) is 0. The van der Waals surface area contributed by atoms with Gasteiger partial charge in [-0.05, 0) is 24.3 Å². The molecule has 0 saturated carbocycles. The van der Waals surface area contributed by atoms with Gasteiger partial charge in [-0.15, -0.1) is 0 Å². The Morgan fingerprint density at radius 1 is 1.18 bits per heavy atom. The standard InChI is InChI=1S/C11H14/c1-11(2,3)9-10-7-5-4-6-8-10/h4-9H,1H2,2-3H3. The van der Waals surface area contributed by atoms with Gasteiger partial charge in [0.1, 0.15) is 0 Å². The Morgan fingerprint density at radius 3 is 2.18 bits per heavy atom. The summed E-state index contributed by atoms with van der Waals surface area (Å²) in [5.74, 6) is 0. The van der Waals surface area contributed by atoms with E-state index in [0.717, 1.165) is 0 Å². The fraction of sp³-hybridized carbons (Fsp3) is 0.273. The van der Waals surface area contributed by atoms with Crippen LogP contribution < -0.4 is 0 Å². The molecule has 1 aromatic carbocycles. The minimum atomic E-state index is 0.0291. The fourth-order valence-electron chi connectivity index (χ4n) is 1.00. The Hall–Kier alpha value is -0.780. The predicted octanol–water partition coefficient (Wildman–Crippen LogP) is 3.10. The van der Waals surface area contributed by atoms with E-state index in [-0.39, 0.29) is 5.41 Å². The van der Waals surface area contributed by atoms with E-state index in [4.69, 9.17) is 0 Å². The summed E-state index contributed by atoms with van der Waals surface area (Å²) in [4.78, 5) is 0. The van der Waals surface area contributed by atoms with Gasteiger partial charge in [0.2, 0.25) is 0 Å². The molecule has 0 spiro atoms. The molecule has 0 aliphatic heterocycles. The molecule has 0 nitrogen and oxygen atoms in total. The van der Waals surface area contributed by atoms with Crippen molar-refractivity contribution in [1.82, 2.24) is 0 Å². The van der Waals surface area contributed by atoms with Crippen LogP contribution in [0.2, 0.25) is 0 Å². The van der Waals surface area contributed by atoms with Crippen molar-refractivity contribution in [3.63, 3.8) is 0 Å². The summed E-state index contributed by atoms with van der Waals surface area (Å²) in [6.07, 6.45) is 2.16. The molecule has 0 atom stereocenters. The third-order valence-corrected chi connectivity index (χ3v) is 1.36. The predicted molar refractivity (Wildman–Crippen MR) is 49.0 cm³/mol. The van der Waals surface area contributed by atoms with Gasteiger partial charge in [-0.1, -0.05) is 44.2 Å². The SMILES string of the molecule is [CH2]C(C)(C)[CH]c1ccccc1. The average Bonchev–Trinajstić information content (AvgIpc) is 1.85. The second kappa shape index (κ2) is 3.08. The number of rotatable bonds is 2. The van der Waals surface area contributed by atoms with Crippen LogP contribution in [0, 0.1) is 18.8 Å². The van der Waals surface area contributed by atoms with Crippen molar-refractivity contribution in [3.05, 3.63) is 49.2 Å². The molecule has 0 saturated heterocycles. The van der Waals surface area contributed by atoms with Gasteiger partial charge in [-0.3, -0.25) is 0 Å². The first-order valence-corrected chi connectivity index (χ1v) is 3.84. The van der Waals surface area contributed by atoms with Crippen LogP contribution in [0.25, 0.3) is 0 Å². The number of hydrogen-bond acceptors (Lipinski definition) is 0. The molecule has 0 heteroatoms. The van der Waals surface area contributed by atoms with Crippen molar-refractivity contribution in [2.45, 2.75) is 13.8 Å². The highest BCUT2D eigenvalue weighted by molar-refractivity contribution is 5.25. The lowest BCUT2D eigenvalue weighted by Crippen LogP contribution is -2.06. The Kier molecular flexibility index (Phi) is 2.33. The Bertz CT molecular complexity index is 203. The van der Waals surface area contributed by atoms with Gasteiger partial charge < -0.3 is 0 Å². The van der Waals surface area contributed by atoms with Crippen LogP contribution in [0.4, 0.5) is 0 Å². The van der Waals surface area contributed by atoms with Crippen molar-refractivity contribution >= 4 is 0 Å². The van der Waals surface area contributed by atoms with Crippen molar-refractivity contribution in [2.75, 3.05) is 0 Å². The van der Waals surface area contributed by atoms with Crippen LogP contribution in [-0.4, -0.2) is 0 Å². The molecule has 11 heavy (non-hydrogen) atoms. The van der Waals surface area contributed by atoms with E-state index in [1.807, 2.05) is 18.2 Å². The first-order valence-electron chi connectivity index (χ1n) is 3.84. The molecule has 0 aromatic heterocycles. The van der Waals surface area contributed by atoms with E-state index >= 15 is 0 Å². The molecule has 1 rings (SSSR count). The lowest BCUT2D eigenvalue weighted by atomic mass is 9.88. The summed E-state index contributed by atoms with van der Waals surface area (Å²) in [5, 5.41) is 0. The summed E-state index contributed by atoms with van der Waals surface area (Å²) >= 11 is 0. The van der Waals surface area contributed by atoms with Gasteiger partial charge in [0.15, 0.2) is 0 Å². The van der Waals surface area contributed by atoms with E-state index in [9.17, 15) is 0 Å². The van der Waals surface area contributed by atoms with Crippen molar-refractivity contribution in [1.29, 1.82) is 0 Å². The van der Waals surface area contributed by atoms with Crippen LogP contribution in [0.5, 0.6) is 0 Å². The van der Waals surface area contributed by atoms with Gasteiger partial charge >= 0.3 is 0 Å². The van der Waals surface area contributed by atoms with Crippen LogP contribution in [-0.2, 0) is 0 Å². The third kappa shape index (κ3) is 3.22. The van der Waals surface area contributed by atoms with Crippen LogP contribution in [0.15, 0.2) is 30.3 Å². The highest BCUT2D eigenvalue weighted by atomic mass is 14.1. The average molecular weight is 146 g/mol. The highest BCUT2D eigenvalue weighted by Gasteiger charge is 2.10. The normalized spacial score (nSPS) is 11.5. The zero-order chi connectivity index (χ0) is 8.32. The molecule has 0 unspecified atom stereocenters. The lowest BCUT2D eigenvalue weighted by molar-refractivity contribution is 0.577. The molecule has 58 valence electrons. The van der Waals surface area contributed by atoms with E-state index < -0.39 is 0 Å². The molecular formula is C11H14. The van der Waals surface area contributed by atoms with E-state index in [1.54, 1.807) is 0 Å². The number of benzene rings is 1. The molecule has 0 heterocycles. The molecule has 0 N–H and O–H groups in total. The van der Waals surface area contributed by atoms with Crippen LogP contribution in [0.3, 0.4) is 0 Å². The van der Waals surface area contributed by atoms with Crippen molar-refractivity contribution in [3.8, 4) is 0 Å². The monoisotopic (exact) mass is 146 g/mol. The third-order valence-electron chi connectivity index (χ3n) is 1.36. The summed E-state index contributed by atoms with van der Waals surface area (Å²) in [6, 6.07) is 10.3.